The molecule has 0 unspecified atom stereocenters. The summed E-state index contributed by atoms with van der Waals surface area (Å²) in [5.74, 6) is 0.843. The van der Waals surface area contributed by atoms with Crippen molar-refractivity contribution in [3.63, 3.8) is 0 Å². The molecule has 2 aromatic heterocycles. The van der Waals surface area contributed by atoms with Crippen LogP contribution in [0, 0.1) is 6.92 Å². The van der Waals surface area contributed by atoms with Crippen LogP contribution in [0.4, 0.5) is 0 Å². The van der Waals surface area contributed by atoms with Crippen LogP contribution < -0.4 is 9.47 Å². The van der Waals surface area contributed by atoms with E-state index >= 15 is 0 Å². The molecule has 1 aliphatic rings. The van der Waals surface area contributed by atoms with Crippen LogP contribution in [-0.4, -0.2) is 47.1 Å². The molecule has 1 saturated heterocycles. The third kappa shape index (κ3) is 2.86. The zero-order chi connectivity index (χ0) is 15.5. The molecule has 0 bridgehead atoms. The number of nitrogens with zero attached hydrogens (tertiary/aromatic N) is 3. The molecule has 0 N–H and O–H groups in total. The maximum absolute atomic E-state index is 12.4. The number of aromatic nitrogens is 2. The van der Waals surface area contributed by atoms with Gasteiger partial charge in [-0.3, -0.25) is 4.79 Å². The minimum atomic E-state index is -0.0954. The van der Waals surface area contributed by atoms with Crippen LogP contribution in [0.5, 0.6) is 11.8 Å². The van der Waals surface area contributed by atoms with Crippen molar-refractivity contribution in [2.75, 3.05) is 20.2 Å². The normalized spacial score (nSPS) is 14.4. The third-order valence-corrected chi connectivity index (χ3v) is 3.48. The fraction of sp³-hybridized carbons (Fsp3) is 0.312. The van der Waals surface area contributed by atoms with Crippen molar-refractivity contribution in [3.05, 3.63) is 47.8 Å². The van der Waals surface area contributed by atoms with Crippen molar-refractivity contribution in [2.24, 2.45) is 0 Å². The summed E-state index contributed by atoms with van der Waals surface area (Å²) in [5, 5.41) is 0. The molecule has 0 atom stereocenters. The molecule has 1 aliphatic heterocycles. The minimum absolute atomic E-state index is 0.0269. The van der Waals surface area contributed by atoms with Gasteiger partial charge in [0.25, 0.3) is 5.91 Å². The van der Waals surface area contributed by atoms with Gasteiger partial charge in [0.1, 0.15) is 11.7 Å². The Bertz CT molecular complexity index is 684. The number of hydrogen-bond donors (Lipinski definition) is 0. The summed E-state index contributed by atoms with van der Waals surface area (Å²) in [5.41, 5.74) is 1.38. The Hall–Kier alpha value is -2.63. The fourth-order valence-corrected chi connectivity index (χ4v) is 2.32. The highest BCUT2D eigenvalue weighted by molar-refractivity contribution is 5.96. The molecule has 0 radical (unpaired) electrons. The number of methoxy groups -OCH3 is 1. The first kappa shape index (κ1) is 14.3. The van der Waals surface area contributed by atoms with E-state index in [0.717, 1.165) is 5.69 Å². The number of rotatable bonds is 4. The molecule has 1 amide bonds. The topological polar surface area (TPSA) is 64.5 Å². The zero-order valence-corrected chi connectivity index (χ0v) is 12.5. The predicted octanol–water partition coefficient (Wildman–Crippen LogP) is 1.70. The number of amides is 1. The quantitative estimate of drug-likeness (QED) is 0.859. The van der Waals surface area contributed by atoms with Crippen molar-refractivity contribution < 1.29 is 14.3 Å². The molecule has 22 heavy (non-hydrogen) atoms. The monoisotopic (exact) mass is 299 g/mol. The van der Waals surface area contributed by atoms with Crippen LogP contribution in [-0.2, 0) is 0 Å². The molecule has 0 aromatic carbocycles. The number of aryl methyl sites for hydroxylation is 1. The summed E-state index contributed by atoms with van der Waals surface area (Å²) >= 11 is 0. The standard InChI is InChI=1S/C16H17N3O3/c1-11-5-3-7-14(18-11)22-12-9-19(10-12)16(20)13-6-4-8-17-15(13)21-2/h3-8,12H,9-10H2,1-2H3. The Morgan fingerprint density at radius 3 is 2.82 bits per heavy atom. The summed E-state index contributed by atoms with van der Waals surface area (Å²) in [6, 6.07) is 9.07. The molecule has 0 spiro atoms. The number of carbonyl (C=O) groups is 1. The lowest BCUT2D eigenvalue weighted by molar-refractivity contribution is 0.0157. The molecule has 2 aromatic rings. The van der Waals surface area contributed by atoms with Crippen molar-refractivity contribution in [3.8, 4) is 11.8 Å². The third-order valence-electron chi connectivity index (χ3n) is 3.48. The van der Waals surface area contributed by atoms with E-state index < -0.39 is 0 Å². The van der Waals surface area contributed by atoms with Crippen molar-refractivity contribution >= 4 is 5.91 Å². The summed E-state index contributed by atoms with van der Waals surface area (Å²) in [6.07, 6.45) is 1.57. The van der Waals surface area contributed by atoms with Gasteiger partial charge in [-0.2, -0.15) is 0 Å². The minimum Gasteiger partial charge on any atom is -0.480 e. The van der Waals surface area contributed by atoms with E-state index in [0.29, 0.717) is 30.4 Å². The summed E-state index contributed by atoms with van der Waals surface area (Å²) in [7, 11) is 1.50. The van der Waals surface area contributed by atoms with E-state index in [1.54, 1.807) is 23.2 Å². The van der Waals surface area contributed by atoms with Gasteiger partial charge < -0.3 is 14.4 Å². The predicted molar refractivity (Wildman–Crippen MR) is 80.1 cm³/mol. The van der Waals surface area contributed by atoms with E-state index in [9.17, 15) is 4.79 Å². The van der Waals surface area contributed by atoms with Gasteiger partial charge in [-0.05, 0) is 25.1 Å². The van der Waals surface area contributed by atoms with Crippen LogP contribution in [0.1, 0.15) is 16.1 Å². The molecule has 1 fully saturated rings. The maximum atomic E-state index is 12.4. The molecular formula is C16H17N3O3. The maximum Gasteiger partial charge on any atom is 0.259 e. The second-order valence-corrected chi connectivity index (χ2v) is 5.13. The van der Waals surface area contributed by atoms with Crippen LogP contribution in [0.3, 0.4) is 0 Å². The molecule has 3 rings (SSSR count). The van der Waals surface area contributed by atoms with Crippen LogP contribution in [0.25, 0.3) is 0 Å². The first-order chi connectivity index (χ1) is 10.7. The smallest absolute Gasteiger partial charge is 0.259 e. The number of carbonyl (C=O) groups excluding carboxylic acids is 1. The van der Waals surface area contributed by atoms with Gasteiger partial charge in [-0.1, -0.05) is 6.07 Å². The largest absolute Gasteiger partial charge is 0.480 e. The van der Waals surface area contributed by atoms with Crippen LogP contribution in [0.15, 0.2) is 36.5 Å². The molecule has 114 valence electrons. The lowest BCUT2D eigenvalue weighted by Crippen LogP contribution is -2.56. The van der Waals surface area contributed by atoms with E-state index in [4.69, 9.17) is 9.47 Å². The van der Waals surface area contributed by atoms with E-state index in [2.05, 4.69) is 9.97 Å². The highest BCUT2D eigenvalue weighted by Crippen LogP contribution is 2.22. The average Bonchev–Trinajstić information content (AvgIpc) is 2.50. The molecule has 6 nitrogen and oxygen atoms in total. The van der Waals surface area contributed by atoms with E-state index in [-0.39, 0.29) is 12.0 Å². The van der Waals surface area contributed by atoms with Crippen molar-refractivity contribution in [1.29, 1.82) is 0 Å². The van der Waals surface area contributed by atoms with Gasteiger partial charge in [0.15, 0.2) is 0 Å². The lowest BCUT2D eigenvalue weighted by Gasteiger charge is -2.38. The lowest BCUT2D eigenvalue weighted by atomic mass is 10.1. The highest BCUT2D eigenvalue weighted by atomic mass is 16.5. The van der Waals surface area contributed by atoms with Gasteiger partial charge >= 0.3 is 0 Å². The Morgan fingerprint density at radius 2 is 2.09 bits per heavy atom. The molecule has 3 heterocycles. The SMILES string of the molecule is COc1ncccc1C(=O)N1CC(Oc2cccc(C)n2)C1. The van der Waals surface area contributed by atoms with Crippen molar-refractivity contribution in [2.45, 2.75) is 13.0 Å². The second-order valence-electron chi connectivity index (χ2n) is 5.13. The summed E-state index contributed by atoms with van der Waals surface area (Å²) < 4.78 is 10.9. The highest BCUT2D eigenvalue weighted by Gasteiger charge is 2.34. The number of hydrogen-bond acceptors (Lipinski definition) is 5. The summed E-state index contributed by atoms with van der Waals surface area (Å²) in [4.78, 5) is 22.4. The fourth-order valence-electron chi connectivity index (χ4n) is 2.32. The zero-order valence-electron chi connectivity index (χ0n) is 12.5. The molecule has 6 heteroatoms. The Labute approximate surface area is 128 Å². The Balaban J connectivity index is 1.60. The molecule has 0 aliphatic carbocycles. The van der Waals surface area contributed by atoms with E-state index in [1.807, 2.05) is 25.1 Å². The first-order valence-electron chi connectivity index (χ1n) is 7.06. The molecular weight excluding hydrogens is 282 g/mol. The second kappa shape index (κ2) is 6.01. The Morgan fingerprint density at radius 1 is 1.27 bits per heavy atom. The Kier molecular flexibility index (Phi) is 3.91. The molecule has 0 saturated carbocycles. The van der Waals surface area contributed by atoms with Gasteiger partial charge in [0.05, 0.1) is 20.2 Å². The van der Waals surface area contributed by atoms with Crippen molar-refractivity contribution in [1.82, 2.24) is 14.9 Å². The van der Waals surface area contributed by atoms with Gasteiger partial charge in [0.2, 0.25) is 11.8 Å². The average molecular weight is 299 g/mol. The van der Waals surface area contributed by atoms with Gasteiger partial charge in [-0.15, -0.1) is 0 Å². The number of pyridine rings is 2. The van der Waals surface area contributed by atoms with Crippen LogP contribution >= 0.6 is 0 Å². The van der Waals surface area contributed by atoms with Gasteiger partial charge in [-0.25, -0.2) is 9.97 Å². The van der Waals surface area contributed by atoms with E-state index in [1.165, 1.54) is 7.11 Å². The summed E-state index contributed by atoms with van der Waals surface area (Å²) in [6.45, 7) is 2.98. The van der Waals surface area contributed by atoms with Crippen LogP contribution in [0.2, 0.25) is 0 Å². The number of likely N-dealkylation sites (tertiary alicyclic amines) is 1. The first-order valence-corrected chi connectivity index (χ1v) is 7.06. The number of ether oxygens (including phenoxy) is 2. The van der Waals surface area contributed by atoms with Gasteiger partial charge in [0, 0.05) is 18.0 Å².